The summed E-state index contributed by atoms with van der Waals surface area (Å²) in [6.45, 7) is 1.35. The van der Waals surface area contributed by atoms with Gasteiger partial charge in [0.15, 0.2) is 5.84 Å². The van der Waals surface area contributed by atoms with Gasteiger partial charge in [-0.2, -0.15) is 15.2 Å². The predicted octanol–water partition coefficient (Wildman–Crippen LogP) is 2.64. The topological polar surface area (TPSA) is 86.5 Å². The summed E-state index contributed by atoms with van der Waals surface area (Å²) in [5.41, 5.74) is 1.22. The molecule has 7 nitrogen and oxygen atoms in total. The van der Waals surface area contributed by atoms with Crippen LogP contribution in [0.25, 0.3) is 0 Å². The monoisotopic (exact) mass is 321 g/mol. The third kappa shape index (κ3) is 3.35. The second-order valence-electron chi connectivity index (χ2n) is 5.11. The Balaban J connectivity index is 1.89. The summed E-state index contributed by atoms with van der Waals surface area (Å²) < 4.78 is 0. The molecular weight excluding hydrogens is 306 g/mol. The summed E-state index contributed by atoms with van der Waals surface area (Å²) in [7, 11) is 0. The molecule has 1 atom stereocenters. The number of nitrogens with one attached hydrogen (secondary N) is 1. The Kier molecular flexibility index (Phi) is 4.42. The molecule has 24 heavy (non-hydrogen) atoms. The highest BCUT2D eigenvalue weighted by Gasteiger charge is 2.37. The molecule has 2 aromatic carbocycles. The van der Waals surface area contributed by atoms with Gasteiger partial charge in [-0.05, 0) is 24.3 Å². The Labute approximate surface area is 138 Å². The van der Waals surface area contributed by atoms with Gasteiger partial charge in [-0.3, -0.25) is 9.59 Å². The molecule has 0 spiro atoms. The fourth-order valence-corrected chi connectivity index (χ4v) is 2.20. The van der Waals surface area contributed by atoms with Crippen molar-refractivity contribution in [1.29, 1.82) is 0 Å². The summed E-state index contributed by atoms with van der Waals surface area (Å²) in [6, 6.07) is 17.0. The molecule has 1 aliphatic heterocycles. The van der Waals surface area contributed by atoms with Crippen molar-refractivity contribution in [2.24, 2.45) is 15.3 Å². The van der Waals surface area contributed by atoms with Crippen LogP contribution in [0.2, 0.25) is 0 Å². The van der Waals surface area contributed by atoms with Gasteiger partial charge < -0.3 is 5.32 Å². The number of hydrazone groups is 1. The van der Waals surface area contributed by atoms with Gasteiger partial charge in [0.05, 0.1) is 11.4 Å². The first-order valence-electron chi connectivity index (χ1n) is 7.36. The van der Waals surface area contributed by atoms with Crippen molar-refractivity contribution in [3.63, 3.8) is 0 Å². The van der Waals surface area contributed by atoms with Crippen LogP contribution in [0.5, 0.6) is 0 Å². The van der Waals surface area contributed by atoms with Crippen molar-refractivity contribution in [2.75, 3.05) is 5.01 Å². The minimum Gasteiger partial charge on any atom is -0.311 e. The maximum Gasteiger partial charge on any atom is 0.282 e. The molecule has 0 aromatic heterocycles. The van der Waals surface area contributed by atoms with Crippen molar-refractivity contribution in [2.45, 2.75) is 13.0 Å². The average molecular weight is 321 g/mol. The first-order chi connectivity index (χ1) is 11.6. The summed E-state index contributed by atoms with van der Waals surface area (Å²) in [6.07, 6.45) is 0. The van der Waals surface area contributed by atoms with E-state index >= 15 is 0 Å². The van der Waals surface area contributed by atoms with Crippen LogP contribution in [0.1, 0.15) is 6.92 Å². The number of hydrogen-bond donors (Lipinski definition) is 1. The lowest BCUT2D eigenvalue weighted by molar-refractivity contribution is -0.117. The van der Waals surface area contributed by atoms with E-state index in [1.807, 2.05) is 24.3 Å². The Morgan fingerprint density at radius 3 is 2.33 bits per heavy atom. The molecule has 2 amide bonds. The van der Waals surface area contributed by atoms with Gasteiger partial charge in [-0.1, -0.05) is 36.4 Å². The Morgan fingerprint density at radius 1 is 1.08 bits per heavy atom. The minimum absolute atomic E-state index is 0.163. The molecule has 0 radical (unpaired) electrons. The Morgan fingerprint density at radius 2 is 1.71 bits per heavy atom. The van der Waals surface area contributed by atoms with E-state index in [4.69, 9.17) is 0 Å². The standard InChI is InChI=1S/C17H15N5O2/c1-12(23)18-16-15(20-19-13-8-4-2-5-9-13)17(24)22(21-16)14-10-6-3-7-11-14/h2-11,15H,1H3,(H,18,21,23)/t15-/m1/s1. The first kappa shape index (κ1) is 15.5. The lowest BCUT2D eigenvalue weighted by atomic mass is 10.2. The van der Waals surface area contributed by atoms with Crippen molar-refractivity contribution >= 4 is 29.0 Å². The summed E-state index contributed by atoms with van der Waals surface area (Å²) >= 11 is 0. The van der Waals surface area contributed by atoms with Crippen molar-refractivity contribution in [3.05, 3.63) is 60.7 Å². The summed E-state index contributed by atoms with van der Waals surface area (Å²) in [5, 5.41) is 16.1. The molecule has 0 bridgehead atoms. The number of rotatable bonds is 3. The maximum atomic E-state index is 12.6. The van der Waals surface area contributed by atoms with E-state index < -0.39 is 6.04 Å². The molecule has 1 N–H and O–H groups in total. The Bertz CT molecular complexity index is 802. The number of amidine groups is 1. The molecule has 0 aliphatic carbocycles. The maximum absolute atomic E-state index is 12.6. The third-order valence-corrected chi connectivity index (χ3v) is 3.26. The van der Waals surface area contributed by atoms with Gasteiger partial charge in [0.1, 0.15) is 0 Å². The largest absolute Gasteiger partial charge is 0.311 e. The molecule has 120 valence electrons. The second-order valence-corrected chi connectivity index (χ2v) is 5.11. The lowest BCUT2D eigenvalue weighted by Crippen LogP contribution is -2.38. The van der Waals surface area contributed by atoms with Crippen LogP contribution in [0.4, 0.5) is 11.4 Å². The molecule has 0 fully saturated rings. The number of para-hydroxylation sites is 1. The number of anilines is 1. The number of azo groups is 1. The zero-order chi connectivity index (χ0) is 16.9. The van der Waals surface area contributed by atoms with Crippen LogP contribution < -0.4 is 10.3 Å². The van der Waals surface area contributed by atoms with E-state index in [2.05, 4.69) is 20.6 Å². The number of hydrogen-bond acceptors (Lipinski definition) is 5. The zero-order valence-electron chi connectivity index (χ0n) is 13.0. The quantitative estimate of drug-likeness (QED) is 0.881. The first-order valence-corrected chi connectivity index (χ1v) is 7.36. The van der Waals surface area contributed by atoms with Gasteiger partial charge in [0.2, 0.25) is 11.9 Å². The molecule has 1 heterocycles. The average Bonchev–Trinajstić information content (AvgIpc) is 2.90. The molecule has 7 heteroatoms. The van der Waals surface area contributed by atoms with Crippen molar-refractivity contribution in [3.8, 4) is 0 Å². The summed E-state index contributed by atoms with van der Waals surface area (Å²) in [5.74, 6) is -0.531. The molecule has 0 unspecified atom stereocenters. The summed E-state index contributed by atoms with van der Waals surface area (Å²) in [4.78, 5) is 24.0. The highest BCUT2D eigenvalue weighted by atomic mass is 16.2. The van der Waals surface area contributed by atoms with Gasteiger partial charge >= 0.3 is 0 Å². The van der Waals surface area contributed by atoms with Crippen molar-refractivity contribution in [1.82, 2.24) is 5.32 Å². The van der Waals surface area contributed by atoms with Gasteiger partial charge in [-0.25, -0.2) is 0 Å². The van der Waals surface area contributed by atoms with E-state index in [1.54, 1.807) is 36.4 Å². The van der Waals surface area contributed by atoms with Gasteiger partial charge in [0, 0.05) is 6.92 Å². The highest BCUT2D eigenvalue weighted by Crippen LogP contribution is 2.22. The third-order valence-electron chi connectivity index (χ3n) is 3.26. The molecule has 2 aromatic rings. The number of amides is 2. The Hall–Kier alpha value is -3.35. The van der Waals surface area contributed by atoms with E-state index in [-0.39, 0.29) is 17.6 Å². The zero-order valence-corrected chi connectivity index (χ0v) is 13.0. The normalized spacial score (nSPS) is 17.2. The fourth-order valence-electron chi connectivity index (χ4n) is 2.20. The fraction of sp³-hybridized carbons (Fsp3) is 0.118. The molecule has 1 aliphatic rings. The van der Waals surface area contributed by atoms with Crippen LogP contribution in [0.15, 0.2) is 76.0 Å². The smallest absolute Gasteiger partial charge is 0.282 e. The molecule has 0 saturated carbocycles. The van der Waals surface area contributed by atoms with Crippen molar-refractivity contribution < 1.29 is 9.59 Å². The number of carbonyl (C=O) groups excluding carboxylic acids is 2. The van der Waals surface area contributed by atoms with Crippen LogP contribution in [-0.4, -0.2) is 23.7 Å². The number of benzene rings is 2. The molecular formula is C17H15N5O2. The number of carbonyl (C=O) groups is 2. The van der Waals surface area contributed by atoms with Gasteiger partial charge in [-0.15, -0.1) is 5.10 Å². The number of nitrogens with zero attached hydrogens (tertiary/aromatic N) is 4. The van der Waals surface area contributed by atoms with Crippen LogP contribution in [0.3, 0.4) is 0 Å². The van der Waals surface area contributed by atoms with Crippen LogP contribution in [-0.2, 0) is 9.59 Å². The molecule has 3 rings (SSSR count). The van der Waals surface area contributed by atoms with Crippen LogP contribution >= 0.6 is 0 Å². The SMILES string of the molecule is CC(=O)NC1=NN(c2ccccc2)C(=O)[C@@H]1N=Nc1ccccc1. The van der Waals surface area contributed by atoms with E-state index in [0.29, 0.717) is 11.4 Å². The van der Waals surface area contributed by atoms with Crippen LogP contribution in [0, 0.1) is 0 Å². The van der Waals surface area contributed by atoms with E-state index in [1.165, 1.54) is 11.9 Å². The lowest BCUT2D eigenvalue weighted by Gasteiger charge is -2.11. The molecule has 0 saturated heterocycles. The van der Waals surface area contributed by atoms with E-state index in [9.17, 15) is 9.59 Å². The minimum atomic E-state index is -0.977. The van der Waals surface area contributed by atoms with E-state index in [0.717, 1.165) is 0 Å². The highest BCUT2D eigenvalue weighted by molar-refractivity contribution is 6.21. The second kappa shape index (κ2) is 6.82. The predicted molar refractivity (Wildman–Crippen MR) is 89.9 cm³/mol. The van der Waals surface area contributed by atoms with Gasteiger partial charge in [0.25, 0.3) is 5.91 Å².